The number of rotatable bonds is 4. The van der Waals surface area contributed by atoms with E-state index in [1.165, 1.54) is 30.4 Å². The van der Waals surface area contributed by atoms with Gasteiger partial charge in [0.05, 0.1) is 11.1 Å². The van der Waals surface area contributed by atoms with Gasteiger partial charge in [-0.3, -0.25) is 4.79 Å². The average Bonchev–Trinajstić information content (AvgIpc) is 2.25. The van der Waals surface area contributed by atoms with Crippen LogP contribution in [0.3, 0.4) is 0 Å². The Bertz CT molecular complexity index is 412. The number of hydrogen-bond donors (Lipinski definition) is 2. The lowest BCUT2D eigenvalue weighted by Gasteiger charge is -2.04. The van der Waals surface area contributed by atoms with E-state index in [4.69, 9.17) is 16.7 Å². The molecule has 0 bridgehead atoms. The van der Waals surface area contributed by atoms with E-state index >= 15 is 0 Å². The molecule has 0 aromatic heterocycles. The highest BCUT2D eigenvalue weighted by molar-refractivity contribution is 6.32. The molecule has 0 fully saturated rings. The van der Waals surface area contributed by atoms with Gasteiger partial charge >= 0.3 is 0 Å². The molecule has 0 heterocycles. The molecule has 0 spiro atoms. The van der Waals surface area contributed by atoms with Crippen LogP contribution in [0.1, 0.15) is 12.5 Å². The van der Waals surface area contributed by atoms with Gasteiger partial charge in [0.15, 0.2) is 0 Å². The third kappa shape index (κ3) is 4.54. The summed E-state index contributed by atoms with van der Waals surface area (Å²) in [4.78, 5) is 11.3. The molecule has 3 nitrogen and oxygen atoms in total. The Morgan fingerprint density at radius 2 is 2.35 bits per heavy atom. The summed E-state index contributed by atoms with van der Waals surface area (Å²) in [5, 5.41) is 11.6. The molecule has 5 heteroatoms. The molecule has 1 aromatic carbocycles. The van der Waals surface area contributed by atoms with Crippen molar-refractivity contribution < 1.29 is 14.3 Å². The molecule has 0 radical (unpaired) electrons. The summed E-state index contributed by atoms with van der Waals surface area (Å²) in [6.07, 6.45) is 1.85. The Hall–Kier alpha value is -1.39. The van der Waals surface area contributed by atoms with Crippen LogP contribution in [-0.4, -0.2) is 23.7 Å². The van der Waals surface area contributed by atoms with Gasteiger partial charge in [0.25, 0.3) is 0 Å². The second kappa shape index (κ2) is 6.37. The Morgan fingerprint density at radius 3 is 2.94 bits per heavy atom. The number of carbonyl (C=O) groups excluding carboxylic acids is 1. The molecule has 0 saturated heterocycles. The summed E-state index contributed by atoms with van der Waals surface area (Å²) in [5.41, 5.74) is 0.168. The molecule has 17 heavy (non-hydrogen) atoms. The lowest BCUT2D eigenvalue weighted by atomic mass is 10.2. The van der Waals surface area contributed by atoms with Crippen LogP contribution < -0.4 is 5.32 Å². The maximum atomic E-state index is 13.3. The fourth-order valence-corrected chi connectivity index (χ4v) is 1.36. The maximum Gasteiger partial charge on any atom is 0.244 e. The van der Waals surface area contributed by atoms with Crippen LogP contribution in [0.15, 0.2) is 24.3 Å². The molecule has 1 atom stereocenters. The predicted molar refractivity (Wildman–Crippen MR) is 65.1 cm³/mol. The zero-order valence-electron chi connectivity index (χ0n) is 9.28. The summed E-state index contributed by atoms with van der Waals surface area (Å²) in [7, 11) is 0. The second-order valence-electron chi connectivity index (χ2n) is 3.56. The van der Waals surface area contributed by atoms with Gasteiger partial charge in [-0.25, -0.2) is 4.39 Å². The fraction of sp³-hybridized carbons (Fsp3) is 0.250. The quantitative estimate of drug-likeness (QED) is 0.811. The number of carbonyl (C=O) groups is 1. The van der Waals surface area contributed by atoms with Gasteiger partial charge in [0.2, 0.25) is 5.91 Å². The van der Waals surface area contributed by atoms with Crippen molar-refractivity contribution in [3.8, 4) is 0 Å². The topological polar surface area (TPSA) is 49.3 Å². The average molecular weight is 258 g/mol. The predicted octanol–water partition coefficient (Wildman–Crippen LogP) is 1.99. The van der Waals surface area contributed by atoms with Gasteiger partial charge in [0.1, 0.15) is 5.82 Å². The standard InChI is InChI=1S/C12H13ClFNO2/c1-8(16)7-15-12(17)6-5-9-10(13)3-2-4-11(9)14/h2-6,8,16H,7H2,1H3,(H,15,17)/b6-5+. The number of hydrogen-bond acceptors (Lipinski definition) is 2. The first kappa shape index (κ1) is 13.7. The summed E-state index contributed by atoms with van der Waals surface area (Å²) in [6, 6.07) is 4.29. The molecule has 0 saturated carbocycles. The minimum absolute atomic E-state index is 0.147. The molecule has 92 valence electrons. The Labute approximate surface area is 104 Å². The lowest BCUT2D eigenvalue weighted by molar-refractivity contribution is -0.116. The van der Waals surface area contributed by atoms with E-state index in [1.807, 2.05) is 0 Å². The molecule has 0 aliphatic carbocycles. The second-order valence-corrected chi connectivity index (χ2v) is 3.97. The minimum atomic E-state index is -0.621. The number of halogens is 2. The van der Waals surface area contributed by atoms with Crippen molar-refractivity contribution in [1.82, 2.24) is 5.32 Å². The zero-order valence-corrected chi connectivity index (χ0v) is 10.0. The van der Waals surface area contributed by atoms with Crippen molar-refractivity contribution in [2.24, 2.45) is 0 Å². The van der Waals surface area contributed by atoms with Crippen molar-refractivity contribution in [3.05, 3.63) is 40.7 Å². The van der Waals surface area contributed by atoms with Gasteiger partial charge in [-0.2, -0.15) is 0 Å². The smallest absolute Gasteiger partial charge is 0.244 e. The van der Waals surface area contributed by atoms with E-state index in [9.17, 15) is 9.18 Å². The first-order chi connectivity index (χ1) is 8.00. The third-order valence-electron chi connectivity index (χ3n) is 1.97. The van der Waals surface area contributed by atoms with E-state index < -0.39 is 17.8 Å². The van der Waals surface area contributed by atoms with Crippen LogP contribution in [0, 0.1) is 5.82 Å². The number of amides is 1. The third-order valence-corrected chi connectivity index (χ3v) is 2.30. The van der Waals surface area contributed by atoms with Crippen LogP contribution in [0.4, 0.5) is 4.39 Å². The first-order valence-electron chi connectivity index (χ1n) is 5.08. The molecule has 2 N–H and O–H groups in total. The minimum Gasteiger partial charge on any atom is -0.392 e. The van der Waals surface area contributed by atoms with Crippen molar-refractivity contribution in [1.29, 1.82) is 0 Å². The van der Waals surface area contributed by atoms with Gasteiger partial charge in [0, 0.05) is 18.2 Å². The highest BCUT2D eigenvalue weighted by Crippen LogP contribution is 2.20. The summed E-state index contributed by atoms with van der Waals surface area (Å²) in [6.45, 7) is 1.70. The monoisotopic (exact) mass is 257 g/mol. The molecular weight excluding hydrogens is 245 g/mol. The molecule has 1 rings (SSSR count). The largest absolute Gasteiger partial charge is 0.392 e. The van der Waals surface area contributed by atoms with Gasteiger partial charge in [-0.05, 0) is 25.1 Å². The number of nitrogens with one attached hydrogen (secondary N) is 1. The van der Waals surface area contributed by atoms with Gasteiger partial charge < -0.3 is 10.4 Å². The van der Waals surface area contributed by atoms with Crippen LogP contribution in [0.25, 0.3) is 6.08 Å². The number of benzene rings is 1. The number of aliphatic hydroxyl groups is 1. The van der Waals surface area contributed by atoms with Crippen molar-refractivity contribution in [2.45, 2.75) is 13.0 Å². The Kier molecular flexibility index (Phi) is 5.12. The molecule has 0 aliphatic heterocycles. The van der Waals surface area contributed by atoms with E-state index in [2.05, 4.69) is 5.32 Å². The van der Waals surface area contributed by atoms with Crippen LogP contribution in [0.5, 0.6) is 0 Å². The van der Waals surface area contributed by atoms with E-state index in [-0.39, 0.29) is 17.1 Å². The van der Waals surface area contributed by atoms with Crippen molar-refractivity contribution >= 4 is 23.6 Å². The van der Waals surface area contributed by atoms with Crippen molar-refractivity contribution in [2.75, 3.05) is 6.54 Å². The van der Waals surface area contributed by atoms with Gasteiger partial charge in [-0.15, -0.1) is 0 Å². The van der Waals surface area contributed by atoms with Crippen molar-refractivity contribution in [3.63, 3.8) is 0 Å². The molecule has 1 amide bonds. The van der Waals surface area contributed by atoms with Gasteiger partial charge in [-0.1, -0.05) is 17.7 Å². The summed E-state index contributed by atoms with van der Waals surface area (Å²) >= 11 is 5.78. The van der Waals surface area contributed by atoms with Crippen LogP contribution >= 0.6 is 11.6 Å². The van der Waals surface area contributed by atoms with E-state index in [0.29, 0.717) is 0 Å². The molecule has 0 aliphatic rings. The Morgan fingerprint density at radius 1 is 1.65 bits per heavy atom. The molecular formula is C12H13ClFNO2. The highest BCUT2D eigenvalue weighted by atomic mass is 35.5. The SMILES string of the molecule is CC(O)CNC(=O)/C=C/c1c(F)cccc1Cl. The zero-order chi connectivity index (χ0) is 12.8. The van der Waals surface area contributed by atoms with E-state index in [1.54, 1.807) is 6.92 Å². The lowest BCUT2D eigenvalue weighted by Crippen LogP contribution is -2.28. The maximum absolute atomic E-state index is 13.3. The van der Waals surface area contributed by atoms with Crippen LogP contribution in [-0.2, 0) is 4.79 Å². The highest BCUT2D eigenvalue weighted by Gasteiger charge is 2.04. The van der Waals surface area contributed by atoms with Crippen LogP contribution in [0.2, 0.25) is 5.02 Å². The first-order valence-corrected chi connectivity index (χ1v) is 5.46. The summed E-state index contributed by atoms with van der Waals surface area (Å²) in [5.74, 6) is -0.901. The normalized spacial score (nSPS) is 12.7. The van der Waals surface area contributed by atoms with E-state index in [0.717, 1.165) is 0 Å². The Balaban J connectivity index is 2.67. The number of aliphatic hydroxyl groups excluding tert-OH is 1. The molecule has 1 unspecified atom stereocenters. The summed E-state index contributed by atoms with van der Waals surface area (Å²) < 4.78 is 13.3. The molecule has 1 aromatic rings. The fourth-order valence-electron chi connectivity index (χ4n) is 1.14.